The highest BCUT2D eigenvalue weighted by Gasteiger charge is 2.50. The SMILES string of the molecule is N#CC1(C(=O)Nc2cc(F)cc(NS(=O)(=O)c3ccc(-c4noc(-c5cccc(N)n5)n4)cc3)c2)CC1. The van der Waals surface area contributed by atoms with Gasteiger partial charge in [0.1, 0.15) is 22.7 Å². The molecular weight excluding hydrogens is 501 g/mol. The second-order valence-corrected chi connectivity index (χ2v) is 10.1. The Morgan fingerprint density at radius 3 is 2.49 bits per heavy atom. The molecule has 13 heteroatoms. The lowest BCUT2D eigenvalue weighted by Crippen LogP contribution is -2.23. The summed E-state index contributed by atoms with van der Waals surface area (Å²) in [5, 5.41) is 15.5. The molecule has 0 unspecified atom stereocenters. The molecule has 0 radical (unpaired) electrons. The van der Waals surface area contributed by atoms with E-state index in [2.05, 4.69) is 25.2 Å². The summed E-state index contributed by atoms with van der Waals surface area (Å²) >= 11 is 0. The summed E-state index contributed by atoms with van der Waals surface area (Å²) in [6, 6.07) is 15.8. The molecule has 2 heterocycles. The van der Waals surface area contributed by atoms with E-state index < -0.39 is 27.2 Å². The van der Waals surface area contributed by atoms with Gasteiger partial charge in [0, 0.05) is 11.3 Å². The standard InChI is InChI=1S/C24H18FN7O4S/c25-15-10-16(28-23(33)24(13-26)8-9-24)12-17(11-15)32-37(34,35)18-6-4-14(5-7-18)21-30-22(36-31-21)19-2-1-3-20(27)29-19/h1-7,10-12,32H,8-9H2,(H2,27,29)(H,28,33). The molecule has 5 rings (SSSR count). The molecule has 186 valence electrons. The molecule has 37 heavy (non-hydrogen) atoms. The van der Waals surface area contributed by atoms with Crippen LogP contribution in [0.1, 0.15) is 12.8 Å². The molecule has 2 aromatic heterocycles. The van der Waals surface area contributed by atoms with Gasteiger partial charge < -0.3 is 15.6 Å². The summed E-state index contributed by atoms with van der Waals surface area (Å²) in [5.41, 5.74) is 5.38. The zero-order valence-electron chi connectivity index (χ0n) is 19.0. The van der Waals surface area contributed by atoms with Gasteiger partial charge in [-0.3, -0.25) is 9.52 Å². The van der Waals surface area contributed by atoms with Gasteiger partial charge in [0.15, 0.2) is 0 Å². The minimum Gasteiger partial charge on any atom is -0.384 e. The molecule has 0 spiro atoms. The first-order valence-electron chi connectivity index (χ1n) is 10.9. The van der Waals surface area contributed by atoms with E-state index in [4.69, 9.17) is 15.5 Å². The molecular formula is C24H18FN7O4S. The van der Waals surface area contributed by atoms with E-state index in [-0.39, 0.29) is 28.0 Å². The summed E-state index contributed by atoms with van der Waals surface area (Å²) in [5.74, 6) is -0.665. The first-order chi connectivity index (χ1) is 17.7. The number of pyridine rings is 1. The van der Waals surface area contributed by atoms with E-state index in [1.165, 1.54) is 30.3 Å². The molecule has 1 fully saturated rings. The number of hydrogen-bond donors (Lipinski definition) is 3. The Morgan fingerprint density at radius 2 is 1.81 bits per heavy atom. The van der Waals surface area contributed by atoms with Gasteiger partial charge in [-0.25, -0.2) is 17.8 Å². The largest absolute Gasteiger partial charge is 0.384 e. The molecule has 0 atom stereocenters. The van der Waals surface area contributed by atoms with Crippen LogP contribution in [0.25, 0.3) is 23.0 Å². The Balaban J connectivity index is 1.32. The zero-order valence-corrected chi connectivity index (χ0v) is 19.8. The molecule has 0 bridgehead atoms. The number of nitrogens with zero attached hydrogens (tertiary/aromatic N) is 4. The first-order valence-corrected chi connectivity index (χ1v) is 12.4. The number of nitriles is 1. The second kappa shape index (κ2) is 8.99. The Labute approximate surface area is 210 Å². The topological polar surface area (TPSA) is 177 Å². The van der Waals surface area contributed by atoms with Gasteiger partial charge in [-0.15, -0.1) is 0 Å². The molecule has 1 aliphatic rings. The van der Waals surface area contributed by atoms with E-state index >= 15 is 0 Å². The molecule has 4 N–H and O–H groups in total. The maximum Gasteiger partial charge on any atom is 0.276 e. The van der Waals surface area contributed by atoms with Crippen molar-refractivity contribution >= 4 is 33.1 Å². The lowest BCUT2D eigenvalue weighted by Gasteiger charge is -2.12. The quantitative estimate of drug-likeness (QED) is 0.329. The van der Waals surface area contributed by atoms with Gasteiger partial charge in [0.25, 0.3) is 15.9 Å². The van der Waals surface area contributed by atoms with Gasteiger partial charge in [0.05, 0.1) is 16.7 Å². The Bertz CT molecular complexity index is 1660. The number of benzene rings is 2. The lowest BCUT2D eigenvalue weighted by atomic mass is 10.1. The van der Waals surface area contributed by atoms with Crippen molar-refractivity contribution in [3.63, 3.8) is 0 Å². The monoisotopic (exact) mass is 519 g/mol. The third kappa shape index (κ3) is 4.95. The summed E-state index contributed by atoms with van der Waals surface area (Å²) < 4.78 is 47.5. The van der Waals surface area contributed by atoms with Crippen LogP contribution in [0.2, 0.25) is 0 Å². The number of aromatic nitrogens is 3. The van der Waals surface area contributed by atoms with Crippen molar-refractivity contribution < 1.29 is 22.1 Å². The number of nitrogen functional groups attached to an aromatic ring is 1. The van der Waals surface area contributed by atoms with Gasteiger partial charge in [-0.2, -0.15) is 10.2 Å². The maximum atomic E-state index is 14.2. The number of sulfonamides is 1. The number of amides is 1. The molecule has 1 aliphatic carbocycles. The van der Waals surface area contributed by atoms with Crippen molar-refractivity contribution in [1.29, 1.82) is 5.26 Å². The fourth-order valence-corrected chi connectivity index (χ4v) is 4.54. The van der Waals surface area contributed by atoms with Crippen LogP contribution in [0.3, 0.4) is 0 Å². The predicted molar refractivity (Wildman–Crippen MR) is 130 cm³/mol. The molecule has 11 nitrogen and oxygen atoms in total. The summed E-state index contributed by atoms with van der Waals surface area (Å²) in [4.78, 5) is 20.6. The normalized spacial score (nSPS) is 13.9. The van der Waals surface area contributed by atoms with Crippen LogP contribution in [-0.2, 0) is 14.8 Å². The zero-order chi connectivity index (χ0) is 26.2. The van der Waals surface area contributed by atoms with E-state index in [1.54, 1.807) is 18.2 Å². The highest BCUT2D eigenvalue weighted by molar-refractivity contribution is 7.92. The molecule has 0 saturated heterocycles. The average Bonchev–Trinajstić information content (AvgIpc) is 3.51. The van der Waals surface area contributed by atoms with Gasteiger partial charge in [-0.1, -0.05) is 11.2 Å². The van der Waals surface area contributed by atoms with Gasteiger partial charge in [0.2, 0.25) is 11.7 Å². The fraction of sp³-hybridized carbons (Fsp3) is 0.125. The Hall–Kier alpha value is -4.83. The number of nitrogens with two attached hydrogens (primary N) is 1. The Morgan fingerprint density at radius 1 is 1.08 bits per heavy atom. The second-order valence-electron chi connectivity index (χ2n) is 8.38. The van der Waals surface area contributed by atoms with Crippen molar-refractivity contribution in [2.45, 2.75) is 17.7 Å². The Kier molecular flexibility index (Phi) is 5.81. The fourth-order valence-electron chi connectivity index (χ4n) is 3.50. The summed E-state index contributed by atoms with van der Waals surface area (Å²) in [6.07, 6.45) is 0.839. The van der Waals surface area contributed by atoms with Crippen LogP contribution in [-0.4, -0.2) is 29.4 Å². The maximum absolute atomic E-state index is 14.2. The van der Waals surface area contributed by atoms with Crippen molar-refractivity contribution in [1.82, 2.24) is 15.1 Å². The van der Waals surface area contributed by atoms with Crippen molar-refractivity contribution in [3.8, 4) is 29.0 Å². The first kappa shape index (κ1) is 23.9. The lowest BCUT2D eigenvalue weighted by molar-refractivity contribution is -0.119. The highest BCUT2D eigenvalue weighted by Crippen LogP contribution is 2.45. The number of anilines is 3. The van der Waals surface area contributed by atoms with Crippen LogP contribution in [0.5, 0.6) is 0 Å². The smallest absolute Gasteiger partial charge is 0.276 e. The average molecular weight is 520 g/mol. The molecule has 4 aromatic rings. The number of carbonyl (C=O) groups excluding carboxylic acids is 1. The highest BCUT2D eigenvalue weighted by atomic mass is 32.2. The molecule has 1 saturated carbocycles. The van der Waals surface area contributed by atoms with Crippen LogP contribution in [0.15, 0.2) is 70.1 Å². The molecule has 2 aromatic carbocycles. The van der Waals surface area contributed by atoms with E-state index in [0.29, 0.717) is 29.9 Å². The minimum atomic E-state index is -4.11. The van der Waals surface area contributed by atoms with Crippen LogP contribution >= 0.6 is 0 Å². The molecule has 1 amide bonds. The van der Waals surface area contributed by atoms with E-state index in [0.717, 1.165) is 12.1 Å². The third-order valence-electron chi connectivity index (χ3n) is 5.65. The van der Waals surface area contributed by atoms with Crippen LogP contribution < -0.4 is 15.8 Å². The predicted octanol–water partition coefficient (Wildman–Crippen LogP) is 3.56. The molecule has 0 aliphatic heterocycles. The number of nitrogens with one attached hydrogen (secondary N) is 2. The van der Waals surface area contributed by atoms with E-state index in [1.807, 2.05) is 6.07 Å². The van der Waals surface area contributed by atoms with Gasteiger partial charge >= 0.3 is 0 Å². The number of halogens is 1. The summed E-state index contributed by atoms with van der Waals surface area (Å²) in [6.45, 7) is 0. The minimum absolute atomic E-state index is 0.0298. The third-order valence-corrected chi connectivity index (χ3v) is 7.04. The number of carbonyl (C=O) groups is 1. The van der Waals surface area contributed by atoms with E-state index in [9.17, 15) is 17.6 Å². The summed E-state index contributed by atoms with van der Waals surface area (Å²) in [7, 11) is -4.11. The van der Waals surface area contributed by atoms with Crippen molar-refractivity contribution in [2.24, 2.45) is 5.41 Å². The van der Waals surface area contributed by atoms with Crippen LogP contribution in [0.4, 0.5) is 21.6 Å². The number of rotatable bonds is 7. The van der Waals surface area contributed by atoms with Crippen molar-refractivity contribution in [3.05, 3.63) is 66.5 Å². The van der Waals surface area contributed by atoms with Crippen LogP contribution in [0, 0.1) is 22.6 Å². The number of hydrogen-bond acceptors (Lipinski definition) is 9. The van der Waals surface area contributed by atoms with Crippen molar-refractivity contribution in [2.75, 3.05) is 15.8 Å². The van der Waals surface area contributed by atoms with Gasteiger partial charge in [-0.05, 0) is 67.4 Å².